The molecule has 1 fully saturated rings. The SMILES string of the molecule is CCc1ccc(CN(CC)C2CNC2)o1. The molecule has 0 bridgehead atoms. The molecule has 1 aliphatic heterocycles. The number of nitrogens with one attached hydrogen (secondary N) is 1. The molecule has 0 aliphatic carbocycles. The highest BCUT2D eigenvalue weighted by Gasteiger charge is 2.23. The summed E-state index contributed by atoms with van der Waals surface area (Å²) in [6.07, 6.45) is 0.983. The molecule has 0 unspecified atom stereocenters. The van der Waals surface area contributed by atoms with Crippen LogP contribution in [0.25, 0.3) is 0 Å². The van der Waals surface area contributed by atoms with Gasteiger partial charge in [-0.15, -0.1) is 0 Å². The molecular weight excluding hydrogens is 188 g/mol. The maximum Gasteiger partial charge on any atom is 0.118 e. The van der Waals surface area contributed by atoms with Gasteiger partial charge >= 0.3 is 0 Å². The fourth-order valence-electron chi connectivity index (χ4n) is 1.93. The lowest BCUT2D eigenvalue weighted by Crippen LogP contribution is -2.56. The average molecular weight is 208 g/mol. The Balaban J connectivity index is 1.93. The van der Waals surface area contributed by atoms with E-state index in [0.717, 1.165) is 44.1 Å². The van der Waals surface area contributed by atoms with E-state index in [4.69, 9.17) is 4.42 Å². The number of nitrogens with zero attached hydrogens (tertiary/aromatic N) is 1. The summed E-state index contributed by atoms with van der Waals surface area (Å²) < 4.78 is 5.72. The Labute approximate surface area is 91.4 Å². The Morgan fingerprint density at radius 1 is 1.33 bits per heavy atom. The van der Waals surface area contributed by atoms with Gasteiger partial charge in [0.1, 0.15) is 11.5 Å². The van der Waals surface area contributed by atoms with Crippen molar-refractivity contribution in [2.75, 3.05) is 19.6 Å². The van der Waals surface area contributed by atoms with Crippen molar-refractivity contribution in [2.24, 2.45) is 0 Å². The molecule has 1 saturated heterocycles. The van der Waals surface area contributed by atoms with Crippen LogP contribution in [0.3, 0.4) is 0 Å². The maximum atomic E-state index is 5.72. The Kier molecular flexibility index (Phi) is 3.44. The van der Waals surface area contributed by atoms with Crippen molar-refractivity contribution in [1.82, 2.24) is 10.2 Å². The van der Waals surface area contributed by atoms with Gasteiger partial charge in [-0.25, -0.2) is 0 Å². The van der Waals surface area contributed by atoms with E-state index in [-0.39, 0.29) is 0 Å². The largest absolute Gasteiger partial charge is 0.465 e. The summed E-state index contributed by atoms with van der Waals surface area (Å²) in [4.78, 5) is 2.47. The van der Waals surface area contributed by atoms with Crippen LogP contribution in [0, 0.1) is 0 Å². The standard InChI is InChI=1S/C12H20N2O/c1-3-11-5-6-12(15-11)9-14(4-2)10-7-13-8-10/h5-6,10,13H,3-4,7-9H2,1-2H3. The van der Waals surface area contributed by atoms with E-state index >= 15 is 0 Å². The third-order valence-electron chi connectivity index (χ3n) is 3.11. The van der Waals surface area contributed by atoms with Crippen molar-refractivity contribution < 1.29 is 4.42 Å². The summed E-state index contributed by atoms with van der Waals surface area (Å²) in [6, 6.07) is 4.89. The van der Waals surface area contributed by atoms with Gasteiger partial charge in [-0.1, -0.05) is 13.8 Å². The lowest BCUT2D eigenvalue weighted by atomic mass is 10.1. The minimum atomic E-state index is 0.699. The van der Waals surface area contributed by atoms with Gasteiger partial charge in [-0.2, -0.15) is 0 Å². The van der Waals surface area contributed by atoms with Gasteiger partial charge in [0.05, 0.1) is 6.54 Å². The minimum Gasteiger partial charge on any atom is -0.465 e. The van der Waals surface area contributed by atoms with Gasteiger partial charge in [0.25, 0.3) is 0 Å². The second kappa shape index (κ2) is 4.81. The predicted molar refractivity (Wildman–Crippen MR) is 60.8 cm³/mol. The molecule has 15 heavy (non-hydrogen) atoms. The fraction of sp³-hybridized carbons (Fsp3) is 0.667. The molecule has 3 heteroatoms. The lowest BCUT2D eigenvalue weighted by Gasteiger charge is -2.37. The monoisotopic (exact) mass is 208 g/mol. The van der Waals surface area contributed by atoms with Crippen molar-refractivity contribution in [3.63, 3.8) is 0 Å². The van der Waals surface area contributed by atoms with Crippen LogP contribution in [0.5, 0.6) is 0 Å². The smallest absolute Gasteiger partial charge is 0.118 e. The van der Waals surface area contributed by atoms with Gasteiger partial charge < -0.3 is 9.73 Å². The van der Waals surface area contributed by atoms with Crippen LogP contribution >= 0.6 is 0 Å². The molecule has 1 aromatic heterocycles. The van der Waals surface area contributed by atoms with E-state index in [2.05, 4.69) is 36.2 Å². The summed E-state index contributed by atoms with van der Waals surface area (Å²) in [5.41, 5.74) is 0. The van der Waals surface area contributed by atoms with Crippen LogP contribution in [-0.2, 0) is 13.0 Å². The molecule has 0 atom stereocenters. The summed E-state index contributed by atoms with van der Waals surface area (Å²) >= 11 is 0. The maximum absolute atomic E-state index is 5.72. The van der Waals surface area contributed by atoms with Crippen LogP contribution in [0.1, 0.15) is 25.4 Å². The van der Waals surface area contributed by atoms with E-state index in [1.807, 2.05) is 0 Å². The zero-order valence-corrected chi connectivity index (χ0v) is 9.62. The Morgan fingerprint density at radius 3 is 2.53 bits per heavy atom. The summed E-state index contributed by atoms with van der Waals surface area (Å²) in [5.74, 6) is 2.19. The Bertz CT molecular complexity index is 304. The number of hydrogen-bond acceptors (Lipinski definition) is 3. The van der Waals surface area contributed by atoms with Crippen molar-refractivity contribution in [2.45, 2.75) is 32.9 Å². The quantitative estimate of drug-likeness (QED) is 0.797. The highest BCUT2D eigenvalue weighted by Crippen LogP contribution is 2.14. The van der Waals surface area contributed by atoms with Gasteiger partial charge in [0, 0.05) is 25.6 Å². The highest BCUT2D eigenvalue weighted by atomic mass is 16.3. The number of likely N-dealkylation sites (N-methyl/N-ethyl adjacent to an activating group) is 1. The molecule has 2 heterocycles. The van der Waals surface area contributed by atoms with Crippen LogP contribution in [0.15, 0.2) is 16.5 Å². The molecule has 0 spiro atoms. The molecule has 0 saturated carbocycles. The van der Waals surface area contributed by atoms with Crippen LogP contribution in [-0.4, -0.2) is 30.6 Å². The number of hydrogen-bond donors (Lipinski definition) is 1. The zero-order valence-electron chi connectivity index (χ0n) is 9.62. The normalized spacial score (nSPS) is 17.0. The third kappa shape index (κ3) is 2.41. The second-order valence-electron chi connectivity index (χ2n) is 4.10. The molecular formula is C12H20N2O. The van der Waals surface area contributed by atoms with E-state index in [0.29, 0.717) is 6.04 Å². The van der Waals surface area contributed by atoms with E-state index in [1.165, 1.54) is 0 Å². The minimum absolute atomic E-state index is 0.699. The van der Waals surface area contributed by atoms with Crippen molar-refractivity contribution in [1.29, 1.82) is 0 Å². The highest BCUT2D eigenvalue weighted by molar-refractivity contribution is 5.07. The first-order valence-corrected chi connectivity index (χ1v) is 5.85. The third-order valence-corrected chi connectivity index (χ3v) is 3.11. The predicted octanol–water partition coefficient (Wildman–Crippen LogP) is 1.64. The molecule has 1 N–H and O–H groups in total. The molecule has 1 aliphatic rings. The zero-order chi connectivity index (χ0) is 10.7. The van der Waals surface area contributed by atoms with Crippen LogP contribution in [0.2, 0.25) is 0 Å². The van der Waals surface area contributed by atoms with E-state index < -0.39 is 0 Å². The molecule has 0 amide bonds. The van der Waals surface area contributed by atoms with E-state index in [1.54, 1.807) is 0 Å². The Morgan fingerprint density at radius 2 is 2.07 bits per heavy atom. The lowest BCUT2D eigenvalue weighted by molar-refractivity contribution is 0.135. The van der Waals surface area contributed by atoms with Crippen molar-refractivity contribution in [3.05, 3.63) is 23.7 Å². The first-order valence-electron chi connectivity index (χ1n) is 5.85. The first-order chi connectivity index (χ1) is 7.33. The van der Waals surface area contributed by atoms with E-state index in [9.17, 15) is 0 Å². The topological polar surface area (TPSA) is 28.4 Å². The summed E-state index contributed by atoms with van der Waals surface area (Å²) in [6.45, 7) is 8.61. The first kappa shape index (κ1) is 10.7. The van der Waals surface area contributed by atoms with Gasteiger partial charge in [0.2, 0.25) is 0 Å². The summed E-state index contributed by atoms with van der Waals surface area (Å²) in [7, 11) is 0. The number of furan rings is 1. The second-order valence-corrected chi connectivity index (χ2v) is 4.10. The van der Waals surface area contributed by atoms with Gasteiger partial charge in [0.15, 0.2) is 0 Å². The molecule has 3 nitrogen and oxygen atoms in total. The molecule has 84 valence electrons. The van der Waals surface area contributed by atoms with Crippen molar-refractivity contribution >= 4 is 0 Å². The Hall–Kier alpha value is -0.800. The molecule has 0 aromatic carbocycles. The van der Waals surface area contributed by atoms with Crippen LogP contribution < -0.4 is 5.32 Å². The number of aryl methyl sites for hydroxylation is 1. The van der Waals surface area contributed by atoms with Gasteiger partial charge in [-0.3, -0.25) is 4.90 Å². The summed E-state index contributed by atoms with van der Waals surface area (Å²) in [5, 5.41) is 3.31. The molecule has 0 radical (unpaired) electrons. The average Bonchev–Trinajstić information content (AvgIpc) is 2.61. The van der Waals surface area contributed by atoms with Crippen LogP contribution in [0.4, 0.5) is 0 Å². The fourth-order valence-corrected chi connectivity index (χ4v) is 1.93. The molecule has 2 rings (SSSR count). The number of rotatable bonds is 5. The molecule has 1 aromatic rings. The van der Waals surface area contributed by atoms with Crippen molar-refractivity contribution in [3.8, 4) is 0 Å². The van der Waals surface area contributed by atoms with Gasteiger partial charge in [-0.05, 0) is 18.7 Å².